The third-order valence-electron chi connectivity index (χ3n) is 13.0. The largest absolute Gasteiger partial charge is 0.0619 e. The summed E-state index contributed by atoms with van der Waals surface area (Å²) in [6.07, 6.45) is 0. The quantitative estimate of drug-likeness (QED) is 0.173. The van der Waals surface area contributed by atoms with E-state index in [-0.39, 0.29) is 10.8 Å². The maximum atomic E-state index is 2.52. The molecular formula is C52H40. The summed E-state index contributed by atoms with van der Waals surface area (Å²) in [4.78, 5) is 0. The van der Waals surface area contributed by atoms with Crippen molar-refractivity contribution >= 4 is 21.5 Å². The molecule has 0 nitrogen and oxygen atoms in total. The van der Waals surface area contributed by atoms with Crippen molar-refractivity contribution in [3.8, 4) is 66.8 Å². The van der Waals surface area contributed by atoms with Crippen molar-refractivity contribution in [1.82, 2.24) is 0 Å². The van der Waals surface area contributed by atoms with Crippen molar-refractivity contribution < 1.29 is 0 Å². The highest BCUT2D eigenvalue weighted by molar-refractivity contribution is 6.28. The van der Waals surface area contributed by atoms with E-state index in [4.69, 9.17) is 0 Å². The monoisotopic (exact) mass is 664 g/mol. The first-order chi connectivity index (χ1) is 25.1. The Morgan fingerprint density at radius 3 is 1.46 bits per heavy atom. The summed E-state index contributed by atoms with van der Waals surface area (Å²) in [6.45, 7) is 14.1. The second-order valence-electron chi connectivity index (χ2n) is 16.6. The highest BCUT2D eigenvalue weighted by Gasteiger charge is 2.38. The molecule has 0 bridgehead atoms. The first kappa shape index (κ1) is 30.0. The zero-order chi connectivity index (χ0) is 35.3. The summed E-state index contributed by atoms with van der Waals surface area (Å²) in [5, 5.41) is 5.37. The van der Waals surface area contributed by atoms with Crippen molar-refractivity contribution in [3.63, 3.8) is 0 Å². The highest BCUT2D eigenvalue weighted by Crippen LogP contribution is 2.60. The van der Waals surface area contributed by atoms with Gasteiger partial charge in [-0.05, 0) is 142 Å². The average molecular weight is 665 g/mol. The molecule has 0 heteroatoms. The summed E-state index contributed by atoms with van der Waals surface area (Å²) in [6, 6.07) is 51.4. The molecule has 0 fully saturated rings. The maximum Gasteiger partial charge on any atom is 0.0159 e. The number of aryl methyl sites for hydroxylation is 2. The van der Waals surface area contributed by atoms with Crippen LogP contribution < -0.4 is 0 Å². The van der Waals surface area contributed by atoms with Crippen LogP contribution in [0.2, 0.25) is 0 Å². The third-order valence-corrected chi connectivity index (χ3v) is 13.0. The number of hydrogen-bond donors (Lipinski definition) is 0. The smallest absolute Gasteiger partial charge is 0.0159 e. The van der Waals surface area contributed by atoms with E-state index in [0.29, 0.717) is 0 Å². The van der Waals surface area contributed by atoms with Crippen molar-refractivity contribution in [2.24, 2.45) is 0 Å². The fourth-order valence-electron chi connectivity index (χ4n) is 10.4. The molecule has 0 heterocycles. The van der Waals surface area contributed by atoms with Crippen LogP contribution in [0.5, 0.6) is 0 Å². The fourth-order valence-corrected chi connectivity index (χ4v) is 10.4. The van der Waals surface area contributed by atoms with Gasteiger partial charge in [-0.25, -0.2) is 0 Å². The zero-order valence-electron chi connectivity index (χ0n) is 30.7. The van der Waals surface area contributed by atoms with E-state index in [9.17, 15) is 0 Å². The summed E-state index contributed by atoms with van der Waals surface area (Å²) in [7, 11) is 0. The van der Waals surface area contributed by atoms with Crippen LogP contribution in [-0.2, 0) is 10.8 Å². The standard InChI is InChI=1S/C52H40/c1-29-18-22-38-41(26-29)47(32-21-25-37-35-13-8-10-17-43(35)52(5,6)45(37)28-32)50-40-23-19-30(2)33-14-11-15-39(48(33)40)49(50)46(38)31-20-24-36-34-12-7-9-16-42(34)51(3,4)44(36)27-31/h7-28H,1-6H3. The second kappa shape index (κ2) is 9.99. The van der Waals surface area contributed by atoms with Crippen LogP contribution in [0, 0.1) is 13.8 Å². The van der Waals surface area contributed by atoms with Gasteiger partial charge >= 0.3 is 0 Å². The van der Waals surface area contributed by atoms with Crippen LogP contribution in [-0.4, -0.2) is 0 Å². The molecule has 0 radical (unpaired) electrons. The van der Waals surface area contributed by atoms with Crippen LogP contribution in [0.3, 0.4) is 0 Å². The molecule has 0 atom stereocenters. The normalized spacial score (nSPS) is 15.0. The lowest BCUT2D eigenvalue weighted by Gasteiger charge is -2.25. The predicted molar refractivity (Wildman–Crippen MR) is 221 cm³/mol. The lowest BCUT2D eigenvalue weighted by atomic mass is 9.78. The maximum absolute atomic E-state index is 2.52. The highest BCUT2D eigenvalue weighted by atomic mass is 14.4. The number of fused-ring (bicyclic) bond motifs is 10. The number of hydrogen-bond acceptors (Lipinski definition) is 0. The van der Waals surface area contributed by atoms with Gasteiger partial charge in [-0.3, -0.25) is 0 Å². The van der Waals surface area contributed by atoms with Gasteiger partial charge in [0.2, 0.25) is 0 Å². The Bertz CT molecular complexity index is 2910. The Morgan fingerprint density at radius 2 is 0.846 bits per heavy atom. The molecule has 8 aromatic carbocycles. The molecule has 0 aliphatic heterocycles. The lowest BCUT2D eigenvalue weighted by Crippen LogP contribution is -2.15. The van der Waals surface area contributed by atoms with Crippen LogP contribution in [0.25, 0.3) is 88.3 Å². The van der Waals surface area contributed by atoms with Crippen molar-refractivity contribution in [2.45, 2.75) is 52.4 Å². The first-order valence-corrected chi connectivity index (χ1v) is 18.8. The van der Waals surface area contributed by atoms with Gasteiger partial charge in [0, 0.05) is 10.8 Å². The Kier molecular flexibility index (Phi) is 5.75. The molecule has 8 aromatic rings. The molecule has 11 rings (SSSR count). The van der Waals surface area contributed by atoms with E-state index in [1.165, 1.54) is 122 Å². The van der Waals surface area contributed by atoms with E-state index in [1.54, 1.807) is 0 Å². The molecule has 0 unspecified atom stereocenters. The fraction of sp³-hybridized carbons (Fsp3) is 0.154. The van der Waals surface area contributed by atoms with Crippen LogP contribution in [0.1, 0.15) is 61.1 Å². The van der Waals surface area contributed by atoms with Gasteiger partial charge in [0.1, 0.15) is 0 Å². The van der Waals surface area contributed by atoms with Crippen molar-refractivity contribution in [3.05, 3.63) is 167 Å². The Hall–Kier alpha value is -5.72. The molecule has 0 saturated heterocycles. The minimum absolute atomic E-state index is 0.0771. The SMILES string of the molecule is Cc1ccc2c(-c3ccc4c(c3)C(C)(C)c3ccccc3-4)c3c(c(-c4ccc5c(c4)C(C)(C)c4ccccc4-5)c2c1)-c1ccc(C)c2cccc-3c12. The summed E-state index contributed by atoms with van der Waals surface area (Å²) < 4.78 is 0. The summed E-state index contributed by atoms with van der Waals surface area (Å²) in [5.74, 6) is 0. The predicted octanol–water partition coefficient (Wildman–Crippen LogP) is 14.2. The Balaban J connectivity index is 1.27. The van der Waals surface area contributed by atoms with Gasteiger partial charge in [0.25, 0.3) is 0 Å². The van der Waals surface area contributed by atoms with Crippen molar-refractivity contribution in [2.75, 3.05) is 0 Å². The molecule has 0 spiro atoms. The van der Waals surface area contributed by atoms with E-state index in [2.05, 4.69) is 175 Å². The molecule has 3 aliphatic carbocycles. The van der Waals surface area contributed by atoms with E-state index in [1.807, 2.05) is 0 Å². The third kappa shape index (κ3) is 3.67. The Morgan fingerprint density at radius 1 is 0.346 bits per heavy atom. The number of rotatable bonds is 2. The molecule has 0 aromatic heterocycles. The molecule has 0 saturated carbocycles. The first-order valence-electron chi connectivity index (χ1n) is 18.8. The molecule has 248 valence electrons. The van der Waals surface area contributed by atoms with Gasteiger partial charge in [-0.2, -0.15) is 0 Å². The lowest BCUT2D eigenvalue weighted by molar-refractivity contribution is 0.660. The molecule has 3 aliphatic rings. The Labute approximate surface area is 306 Å². The minimum Gasteiger partial charge on any atom is -0.0619 e. The van der Waals surface area contributed by atoms with E-state index in [0.717, 1.165) is 0 Å². The van der Waals surface area contributed by atoms with Crippen LogP contribution in [0.15, 0.2) is 133 Å². The minimum atomic E-state index is -0.0777. The average Bonchev–Trinajstić information content (AvgIpc) is 3.69. The summed E-state index contributed by atoms with van der Waals surface area (Å²) >= 11 is 0. The topological polar surface area (TPSA) is 0 Å². The van der Waals surface area contributed by atoms with Gasteiger partial charge < -0.3 is 0 Å². The zero-order valence-corrected chi connectivity index (χ0v) is 30.7. The van der Waals surface area contributed by atoms with Gasteiger partial charge in [0.05, 0.1) is 0 Å². The van der Waals surface area contributed by atoms with Gasteiger partial charge in [-0.15, -0.1) is 0 Å². The van der Waals surface area contributed by atoms with Gasteiger partial charge in [0.15, 0.2) is 0 Å². The van der Waals surface area contributed by atoms with Crippen LogP contribution >= 0.6 is 0 Å². The van der Waals surface area contributed by atoms with Crippen molar-refractivity contribution in [1.29, 1.82) is 0 Å². The van der Waals surface area contributed by atoms with E-state index >= 15 is 0 Å². The molecule has 0 amide bonds. The van der Waals surface area contributed by atoms with E-state index < -0.39 is 0 Å². The second-order valence-corrected chi connectivity index (χ2v) is 16.6. The molecule has 52 heavy (non-hydrogen) atoms. The molecular weight excluding hydrogens is 625 g/mol. The number of benzene rings is 8. The van der Waals surface area contributed by atoms with Crippen LogP contribution in [0.4, 0.5) is 0 Å². The van der Waals surface area contributed by atoms with Gasteiger partial charge in [-0.1, -0.05) is 155 Å². The molecule has 0 N–H and O–H groups in total. The summed E-state index contributed by atoms with van der Waals surface area (Å²) in [5.41, 5.74) is 24.3.